The van der Waals surface area contributed by atoms with E-state index in [0.717, 1.165) is 57.9 Å². The molecule has 1 aliphatic rings. The molecule has 0 unspecified atom stereocenters. The molecule has 30 heavy (non-hydrogen) atoms. The molecule has 1 saturated heterocycles. The summed E-state index contributed by atoms with van der Waals surface area (Å²) < 4.78 is 1.56. The number of anilines is 1. The van der Waals surface area contributed by atoms with E-state index in [1.54, 1.807) is 29.0 Å². The van der Waals surface area contributed by atoms with Crippen LogP contribution in [0, 0.1) is 11.3 Å². The van der Waals surface area contributed by atoms with Crippen molar-refractivity contribution >= 4 is 49.9 Å². The maximum Gasteiger partial charge on any atom is 0.270 e. The zero-order chi connectivity index (χ0) is 20.8. The Labute approximate surface area is 182 Å². The highest BCUT2D eigenvalue weighted by Gasteiger charge is 2.27. The minimum atomic E-state index is -0.248. The van der Waals surface area contributed by atoms with E-state index >= 15 is 0 Å². The van der Waals surface area contributed by atoms with Crippen molar-refractivity contribution in [3.63, 3.8) is 0 Å². The van der Waals surface area contributed by atoms with Crippen LogP contribution in [0.15, 0.2) is 41.2 Å². The number of piperidine rings is 1. The van der Waals surface area contributed by atoms with E-state index < -0.39 is 0 Å². The smallest absolute Gasteiger partial charge is 0.270 e. The van der Waals surface area contributed by atoms with Crippen LogP contribution in [0.3, 0.4) is 0 Å². The Bertz CT molecular complexity index is 1380. The zero-order valence-corrected chi connectivity index (χ0v) is 17.9. The Hall–Kier alpha value is -2.95. The second-order valence-corrected chi connectivity index (χ2v) is 8.88. The van der Waals surface area contributed by atoms with Crippen molar-refractivity contribution in [1.29, 1.82) is 5.26 Å². The van der Waals surface area contributed by atoms with Gasteiger partial charge in [0.2, 0.25) is 0 Å². The van der Waals surface area contributed by atoms with E-state index in [1.807, 2.05) is 30.3 Å². The first kappa shape index (κ1) is 19.0. The van der Waals surface area contributed by atoms with Gasteiger partial charge in [-0.2, -0.15) is 5.26 Å². The molecule has 5 rings (SSSR count). The average Bonchev–Trinajstić information content (AvgIpc) is 3.19. The number of hydrogen-bond acceptors (Lipinski definition) is 6. The first-order valence-corrected chi connectivity index (χ1v) is 11.0. The van der Waals surface area contributed by atoms with Crippen LogP contribution in [0.1, 0.15) is 29.3 Å². The molecule has 1 aliphatic heterocycles. The number of hydrogen-bond donors (Lipinski definition) is 0. The van der Waals surface area contributed by atoms with Gasteiger partial charge < -0.3 is 9.47 Å². The van der Waals surface area contributed by atoms with Crippen molar-refractivity contribution < 1.29 is 0 Å². The number of halogens is 1. The lowest BCUT2D eigenvalue weighted by Gasteiger charge is -2.34. The molecule has 0 radical (unpaired) electrons. The van der Waals surface area contributed by atoms with Gasteiger partial charge in [-0.1, -0.05) is 41.1 Å². The summed E-state index contributed by atoms with van der Waals surface area (Å²) in [5, 5.41) is 12.2. The van der Waals surface area contributed by atoms with Crippen molar-refractivity contribution in [2.75, 3.05) is 18.0 Å². The fourth-order valence-corrected chi connectivity index (χ4v) is 5.55. The standard InChI is InChI=1S/C22H18ClN5OS/c1-27-17-5-3-2-4-14(17)19(15(12-24)22(27)29)28-10-8-13(9-11-28)20-25-16-6-7-18(23)26-21(16)30-20/h2-7,13H,8-11H2,1H3. The molecule has 150 valence electrons. The molecular formula is C22H18ClN5OS. The van der Waals surface area contributed by atoms with E-state index in [9.17, 15) is 10.1 Å². The topological polar surface area (TPSA) is 74.8 Å². The third-order valence-electron chi connectivity index (χ3n) is 5.79. The van der Waals surface area contributed by atoms with Crippen LogP contribution in [-0.2, 0) is 7.05 Å². The molecule has 0 atom stereocenters. The minimum absolute atomic E-state index is 0.216. The molecule has 6 nitrogen and oxygen atoms in total. The predicted molar refractivity (Wildman–Crippen MR) is 121 cm³/mol. The van der Waals surface area contributed by atoms with E-state index in [4.69, 9.17) is 16.6 Å². The van der Waals surface area contributed by atoms with E-state index in [0.29, 0.717) is 11.1 Å². The summed E-state index contributed by atoms with van der Waals surface area (Å²) in [6.07, 6.45) is 1.81. The fraction of sp³-hybridized carbons (Fsp3) is 0.273. The Kier molecular flexibility index (Phi) is 4.69. The Morgan fingerprint density at radius 2 is 1.93 bits per heavy atom. The molecule has 3 aromatic heterocycles. The molecule has 0 amide bonds. The summed E-state index contributed by atoms with van der Waals surface area (Å²) in [5.74, 6) is 0.336. The van der Waals surface area contributed by atoms with Gasteiger partial charge in [0.15, 0.2) is 0 Å². The molecule has 1 aromatic carbocycles. The first-order valence-electron chi connectivity index (χ1n) is 9.76. The molecule has 8 heteroatoms. The van der Waals surface area contributed by atoms with Gasteiger partial charge in [-0.25, -0.2) is 9.97 Å². The fourth-order valence-electron chi connectivity index (χ4n) is 4.24. The summed E-state index contributed by atoms with van der Waals surface area (Å²) in [6.45, 7) is 1.53. The SMILES string of the molecule is Cn1c(=O)c(C#N)c(N2CCC(c3nc4ccc(Cl)nc4s3)CC2)c2ccccc21. The van der Waals surface area contributed by atoms with Crippen LogP contribution in [0.5, 0.6) is 0 Å². The quantitative estimate of drug-likeness (QED) is 0.435. The highest BCUT2D eigenvalue weighted by molar-refractivity contribution is 7.18. The Morgan fingerprint density at radius 1 is 1.17 bits per heavy atom. The molecule has 0 aliphatic carbocycles. The number of nitriles is 1. The lowest BCUT2D eigenvalue weighted by atomic mass is 9.96. The summed E-state index contributed by atoms with van der Waals surface area (Å²) in [6, 6.07) is 13.6. The molecule has 0 saturated carbocycles. The summed E-state index contributed by atoms with van der Waals surface area (Å²) in [5.41, 5.74) is 2.45. The minimum Gasteiger partial charge on any atom is -0.370 e. The first-order chi connectivity index (χ1) is 14.6. The van der Waals surface area contributed by atoms with Gasteiger partial charge in [-0.3, -0.25) is 4.79 Å². The number of para-hydroxylation sites is 1. The Balaban J connectivity index is 1.48. The van der Waals surface area contributed by atoms with E-state index in [2.05, 4.69) is 16.0 Å². The van der Waals surface area contributed by atoms with Crippen molar-refractivity contribution in [2.24, 2.45) is 7.05 Å². The normalized spacial score (nSPS) is 15.0. The van der Waals surface area contributed by atoms with Crippen LogP contribution in [0.4, 0.5) is 5.69 Å². The van der Waals surface area contributed by atoms with Crippen LogP contribution >= 0.6 is 22.9 Å². The molecular weight excluding hydrogens is 418 g/mol. The van der Waals surface area contributed by atoms with Crippen molar-refractivity contribution in [3.05, 3.63) is 62.5 Å². The van der Waals surface area contributed by atoms with E-state index in [-0.39, 0.29) is 11.1 Å². The lowest BCUT2D eigenvalue weighted by molar-refractivity contribution is 0.504. The van der Waals surface area contributed by atoms with Crippen LogP contribution in [-0.4, -0.2) is 27.6 Å². The number of aryl methyl sites for hydroxylation is 1. The number of rotatable bonds is 2. The zero-order valence-electron chi connectivity index (χ0n) is 16.3. The second kappa shape index (κ2) is 7.38. The molecule has 1 fully saturated rings. The lowest BCUT2D eigenvalue weighted by Crippen LogP contribution is -2.35. The second-order valence-electron chi connectivity index (χ2n) is 7.49. The molecule has 0 N–H and O–H groups in total. The van der Waals surface area contributed by atoms with Gasteiger partial charge in [0, 0.05) is 31.4 Å². The largest absolute Gasteiger partial charge is 0.370 e. The Morgan fingerprint density at radius 3 is 2.70 bits per heavy atom. The van der Waals surface area contributed by atoms with Crippen LogP contribution < -0.4 is 10.5 Å². The summed E-state index contributed by atoms with van der Waals surface area (Å²) in [4.78, 5) is 24.9. The molecule has 4 heterocycles. The highest BCUT2D eigenvalue weighted by atomic mass is 35.5. The average molecular weight is 436 g/mol. The predicted octanol–water partition coefficient (Wildman–Crippen LogP) is 4.45. The monoisotopic (exact) mass is 435 g/mol. The van der Waals surface area contributed by atoms with Crippen molar-refractivity contribution in [3.8, 4) is 6.07 Å². The van der Waals surface area contributed by atoms with Crippen molar-refractivity contribution in [1.82, 2.24) is 14.5 Å². The maximum absolute atomic E-state index is 12.8. The van der Waals surface area contributed by atoms with E-state index in [1.165, 1.54) is 0 Å². The molecule has 0 spiro atoms. The molecule has 4 aromatic rings. The highest BCUT2D eigenvalue weighted by Crippen LogP contribution is 2.37. The number of benzene rings is 1. The maximum atomic E-state index is 12.8. The van der Waals surface area contributed by atoms with Gasteiger partial charge >= 0.3 is 0 Å². The van der Waals surface area contributed by atoms with Gasteiger partial charge in [0.25, 0.3) is 5.56 Å². The number of fused-ring (bicyclic) bond motifs is 2. The van der Waals surface area contributed by atoms with Crippen molar-refractivity contribution in [2.45, 2.75) is 18.8 Å². The number of pyridine rings is 2. The summed E-state index contributed by atoms with van der Waals surface area (Å²) >= 11 is 7.61. The number of aromatic nitrogens is 3. The molecule has 0 bridgehead atoms. The number of thiazole rings is 1. The third-order valence-corrected chi connectivity index (χ3v) is 7.12. The third kappa shape index (κ3) is 3.04. The van der Waals surface area contributed by atoms with Gasteiger partial charge in [-0.05, 0) is 31.0 Å². The van der Waals surface area contributed by atoms with Gasteiger partial charge in [0.05, 0.1) is 16.2 Å². The number of nitrogens with zero attached hydrogens (tertiary/aromatic N) is 5. The summed E-state index contributed by atoms with van der Waals surface area (Å²) in [7, 11) is 1.72. The van der Waals surface area contributed by atoms with Crippen LogP contribution in [0.2, 0.25) is 5.15 Å². The van der Waals surface area contributed by atoms with Gasteiger partial charge in [-0.15, -0.1) is 0 Å². The van der Waals surface area contributed by atoms with Gasteiger partial charge in [0.1, 0.15) is 27.1 Å². The van der Waals surface area contributed by atoms with Crippen LogP contribution in [0.25, 0.3) is 21.3 Å².